The molecule has 0 fully saturated rings. The Morgan fingerprint density at radius 3 is 1.55 bits per heavy atom. The molecule has 2 unspecified atom stereocenters. The topological polar surface area (TPSA) is 37.3 Å². The molecule has 2 rings (SSSR count). The molecule has 0 spiro atoms. The molecule has 0 aliphatic carbocycles. The van der Waals surface area contributed by atoms with Crippen LogP contribution in [0.4, 0.5) is 0 Å². The quantitative estimate of drug-likeness (QED) is 0.864. The van der Waals surface area contributed by atoms with Gasteiger partial charge in [0, 0.05) is 0 Å². The van der Waals surface area contributed by atoms with E-state index in [1.165, 1.54) is 11.1 Å². The van der Waals surface area contributed by atoms with Crippen LogP contribution in [0.15, 0.2) is 48.5 Å². The summed E-state index contributed by atoms with van der Waals surface area (Å²) in [5.74, 6) is -0.923. The molecule has 0 radical (unpaired) electrons. The molecule has 2 atom stereocenters. The fourth-order valence-corrected chi connectivity index (χ4v) is 2.97. The van der Waals surface area contributed by atoms with E-state index in [1.807, 2.05) is 69.3 Å². The van der Waals surface area contributed by atoms with Crippen LogP contribution in [0.3, 0.4) is 0 Å². The minimum atomic E-state index is -0.923. The normalized spacial score (nSPS) is 13.4. The number of aliphatic hydroxyl groups is 1. The van der Waals surface area contributed by atoms with E-state index < -0.39 is 19.7 Å². The van der Waals surface area contributed by atoms with E-state index >= 15 is 0 Å². The van der Waals surface area contributed by atoms with Gasteiger partial charge in [-0.3, -0.25) is 0 Å². The molecule has 0 aliphatic rings. The Labute approximate surface area is 121 Å². The Morgan fingerprint density at radius 1 is 0.900 bits per heavy atom. The van der Waals surface area contributed by atoms with Gasteiger partial charge in [-0.2, -0.15) is 0 Å². The zero-order valence-electron chi connectivity index (χ0n) is 12.1. The zero-order valence-corrected chi connectivity index (χ0v) is 13.1. The second-order valence-electron chi connectivity index (χ2n) is 5.45. The third kappa shape index (κ3) is 2.67. The van der Waals surface area contributed by atoms with Gasteiger partial charge in [-0.15, -0.1) is 0 Å². The molecule has 2 nitrogen and oxygen atoms in total. The number of aryl methyl sites for hydroxylation is 2. The maximum atomic E-state index is 11.3. The molecule has 0 aliphatic heterocycles. The molecule has 104 valence electrons. The fraction of sp³-hybridized carbons (Fsp3) is 0.294. The first-order chi connectivity index (χ1) is 9.48. The largest absolute Gasteiger partial charge is 0.357 e. The monoisotopic (exact) mass is 287 g/mol. The van der Waals surface area contributed by atoms with Gasteiger partial charge >= 0.3 is 8.46 Å². The second kappa shape index (κ2) is 5.87. The molecule has 20 heavy (non-hydrogen) atoms. The highest BCUT2D eigenvalue weighted by Crippen LogP contribution is 2.39. The highest BCUT2D eigenvalue weighted by Gasteiger charge is 2.42. The van der Waals surface area contributed by atoms with Crippen molar-refractivity contribution in [1.82, 2.24) is 0 Å². The van der Waals surface area contributed by atoms with Gasteiger partial charge in [0.2, 0.25) is 0 Å². The van der Waals surface area contributed by atoms with Crippen molar-refractivity contribution in [2.75, 3.05) is 0 Å². The molecule has 0 heterocycles. The lowest BCUT2D eigenvalue weighted by molar-refractivity contribution is 0.189. The Kier molecular flexibility index (Phi) is 4.37. The maximum absolute atomic E-state index is 11.3. The van der Waals surface area contributed by atoms with Crippen LogP contribution < -0.4 is 0 Å². The summed E-state index contributed by atoms with van der Waals surface area (Å²) < 4.78 is 11.3. The summed E-state index contributed by atoms with van der Waals surface area (Å²) in [6, 6.07) is 16.1. The Hall–Kier alpha value is -1.50. The van der Waals surface area contributed by atoms with Gasteiger partial charge in [-0.1, -0.05) is 64.2 Å². The van der Waals surface area contributed by atoms with Gasteiger partial charge in [-0.05, 0) is 31.9 Å². The number of benzene rings is 2. The number of hydrogen-bond donors (Lipinski definition) is 1. The minimum Gasteiger partial charge on any atom is -0.350 e. The fourth-order valence-electron chi connectivity index (χ4n) is 2.40. The highest BCUT2D eigenvalue weighted by molar-refractivity contribution is 7.24. The molecule has 0 aromatic heterocycles. The SMILES string of the molecule is Cc1ccc(C(C)(c2ccc(C)cc2)C(O)[PH+]=O)cc1. The van der Waals surface area contributed by atoms with E-state index in [2.05, 4.69) is 0 Å². The van der Waals surface area contributed by atoms with E-state index in [0.29, 0.717) is 0 Å². The lowest BCUT2D eigenvalue weighted by atomic mass is 9.76. The molecule has 0 amide bonds. The third-order valence-corrected chi connectivity index (χ3v) is 4.76. The molecular weight excluding hydrogens is 267 g/mol. The van der Waals surface area contributed by atoms with Crippen molar-refractivity contribution in [3.05, 3.63) is 70.8 Å². The third-order valence-electron chi connectivity index (χ3n) is 3.96. The van der Waals surface area contributed by atoms with Crippen LogP contribution in [0, 0.1) is 13.8 Å². The summed E-state index contributed by atoms with van der Waals surface area (Å²) >= 11 is 0. The van der Waals surface area contributed by atoms with Crippen molar-refractivity contribution in [3.63, 3.8) is 0 Å². The van der Waals surface area contributed by atoms with Gasteiger partial charge in [-0.25, -0.2) is 0 Å². The molecular formula is C17H20O2P+. The van der Waals surface area contributed by atoms with E-state index in [-0.39, 0.29) is 0 Å². The predicted molar refractivity (Wildman–Crippen MR) is 83.8 cm³/mol. The predicted octanol–water partition coefficient (Wildman–Crippen LogP) is 3.95. The summed E-state index contributed by atoms with van der Waals surface area (Å²) in [5.41, 5.74) is 3.62. The van der Waals surface area contributed by atoms with Crippen molar-refractivity contribution < 1.29 is 9.67 Å². The standard InChI is InChI=1S/C17H19O2P/c1-12-4-8-14(9-5-12)17(3,16(18)20-19)15-10-6-13(2)7-11-15/h4-11,16,18H,1-3H3/p+1. The van der Waals surface area contributed by atoms with Crippen molar-refractivity contribution in [2.24, 2.45) is 0 Å². The van der Waals surface area contributed by atoms with Crippen molar-refractivity contribution in [3.8, 4) is 0 Å². The van der Waals surface area contributed by atoms with Crippen LogP contribution in [0.2, 0.25) is 0 Å². The lowest BCUT2D eigenvalue weighted by Crippen LogP contribution is -2.34. The van der Waals surface area contributed by atoms with Gasteiger partial charge in [0.05, 0.1) is 5.41 Å². The number of rotatable bonds is 4. The molecule has 1 N–H and O–H groups in total. The zero-order chi connectivity index (χ0) is 14.8. The first-order valence-corrected chi connectivity index (χ1v) is 7.67. The number of hydrogen-bond acceptors (Lipinski definition) is 2. The summed E-state index contributed by atoms with van der Waals surface area (Å²) in [7, 11) is -0.766. The minimum absolute atomic E-state index is 0.665. The van der Waals surface area contributed by atoms with Crippen molar-refractivity contribution in [2.45, 2.75) is 32.0 Å². The van der Waals surface area contributed by atoms with Crippen LogP contribution in [0.25, 0.3) is 0 Å². The van der Waals surface area contributed by atoms with Crippen molar-refractivity contribution >= 4 is 8.46 Å². The molecule has 2 aromatic rings. The average Bonchev–Trinajstić information content (AvgIpc) is 2.47. The highest BCUT2D eigenvalue weighted by atomic mass is 31.1. The van der Waals surface area contributed by atoms with Crippen LogP contribution >= 0.6 is 8.46 Å². The lowest BCUT2D eigenvalue weighted by Gasteiger charge is -2.29. The average molecular weight is 287 g/mol. The Balaban J connectivity index is 2.58. The first kappa shape index (κ1) is 14.9. The first-order valence-electron chi connectivity index (χ1n) is 6.68. The molecule has 0 bridgehead atoms. The van der Waals surface area contributed by atoms with Crippen LogP contribution in [-0.2, 0) is 9.98 Å². The van der Waals surface area contributed by atoms with Crippen LogP contribution in [0.5, 0.6) is 0 Å². The second-order valence-corrected chi connectivity index (χ2v) is 6.24. The Morgan fingerprint density at radius 2 is 1.25 bits per heavy atom. The van der Waals surface area contributed by atoms with E-state index in [1.54, 1.807) is 0 Å². The van der Waals surface area contributed by atoms with Crippen LogP contribution in [0.1, 0.15) is 29.2 Å². The van der Waals surface area contributed by atoms with Gasteiger partial charge < -0.3 is 5.11 Å². The van der Waals surface area contributed by atoms with Crippen molar-refractivity contribution in [1.29, 1.82) is 0 Å². The Bertz CT molecular complexity index is 542. The van der Waals surface area contributed by atoms with Gasteiger partial charge in [0.1, 0.15) is 0 Å². The van der Waals surface area contributed by atoms with E-state index in [0.717, 1.165) is 11.1 Å². The molecule has 0 saturated heterocycles. The summed E-state index contributed by atoms with van der Waals surface area (Å²) in [6.45, 7) is 6.00. The molecule has 2 aromatic carbocycles. The molecule has 3 heteroatoms. The smallest absolute Gasteiger partial charge is 0.350 e. The maximum Gasteiger partial charge on any atom is 0.357 e. The summed E-state index contributed by atoms with van der Waals surface area (Å²) in [6.07, 6.45) is 0. The summed E-state index contributed by atoms with van der Waals surface area (Å²) in [4.78, 5) is 0. The van der Waals surface area contributed by atoms with E-state index in [9.17, 15) is 9.67 Å². The number of aliphatic hydroxyl groups excluding tert-OH is 1. The van der Waals surface area contributed by atoms with Gasteiger partial charge in [0.25, 0.3) is 5.85 Å². The molecule has 0 saturated carbocycles. The van der Waals surface area contributed by atoms with Gasteiger partial charge in [0.15, 0.2) is 0 Å². The van der Waals surface area contributed by atoms with Crippen LogP contribution in [-0.4, -0.2) is 11.0 Å². The van der Waals surface area contributed by atoms with E-state index in [4.69, 9.17) is 0 Å². The summed E-state index contributed by atoms with van der Waals surface area (Å²) in [5, 5.41) is 10.3.